The van der Waals surface area contributed by atoms with E-state index in [0.717, 1.165) is 6.42 Å². The Hall–Kier alpha value is -1.32. The van der Waals surface area contributed by atoms with E-state index in [-0.39, 0.29) is 36.1 Å². The smallest absolute Gasteiger partial charge is 0.435 e. The normalized spacial score (nSPS) is 25.9. The van der Waals surface area contributed by atoms with Crippen LogP contribution in [0.5, 0.6) is 0 Å². The van der Waals surface area contributed by atoms with Crippen LogP contribution in [0.2, 0.25) is 0 Å². The van der Waals surface area contributed by atoms with Crippen molar-refractivity contribution in [3.8, 4) is 0 Å². The molecule has 3 atom stereocenters. The standard InChI is InChI=1S/C16H26O4/c1-6-19-15(18)20-12(3)10-13(17)14-11(2)8-7-9-16(14,4)5/h7-8,11-12,14H,6,9-10H2,1-5H3/t11-,12?,14-/m1/s1. The lowest BCUT2D eigenvalue weighted by Crippen LogP contribution is -2.38. The minimum absolute atomic E-state index is 0.0271. The number of Topliss-reactive ketones (excluding diaryl/α,β-unsaturated/α-hetero) is 1. The van der Waals surface area contributed by atoms with Gasteiger partial charge in [0.05, 0.1) is 6.61 Å². The van der Waals surface area contributed by atoms with E-state index >= 15 is 0 Å². The lowest BCUT2D eigenvalue weighted by atomic mass is 9.65. The Kier molecular flexibility index (Phi) is 5.78. The number of allylic oxidation sites excluding steroid dienone is 2. The van der Waals surface area contributed by atoms with Gasteiger partial charge in [0, 0.05) is 12.3 Å². The summed E-state index contributed by atoms with van der Waals surface area (Å²) < 4.78 is 9.77. The quantitative estimate of drug-likeness (QED) is 0.569. The second kappa shape index (κ2) is 6.91. The van der Waals surface area contributed by atoms with Crippen LogP contribution in [0.4, 0.5) is 4.79 Å². The fourth-order valence-corrected chi connectivity index (χ4v) is 3.03. The first-order chi connectivity index (χ1) is 9.27. The summed E-state index contributed by atoms with van der Waals surface area (Å²) in [5.41, 5.74) is -0.0467. The van der Waals surface area contributed by atoms with E-state index < -0.39 is 12.3 Å². The van der Waals surface area contributed by atoms with Crippen LogP contribution in [0.25, 0.3) is 0 Å². The van der Waals surface area contributed by atoms with Crippen LogP contribution < -0.4 is 0 Å². The molecule has 1 aliphatic carbocycles. The summed E-state index contributed by atoms with van der Waals surface area (Å²) in [7, 11) is 0. The molecule has 0 heterocycles. The number of carbonyl (C=O) groups is 2. The van der Waals surface area contributed by atoms with Gasteiger partial charge in [-0.1, -0.05) is 32.9 Å². The van der Waals surface area contributed by atoms with Crippen molar-refractivity contribution >= 4 is 11.9 Å². The van der Waals surface area contributed by atoms with E-state index in [9.17, 15) is 9.59 Å². The maximum Gasteiger partial charge on any atom is 0.508 e. The van der Waals surface area contributed by atoms with Gasteiger partial charge in [0.15, 0.2) is 0 Å². The first kappa shape index (κ1) is 16.7. The molecule has 0 aliphatic heterocycles. The Labute approximate surface area is 121 Å². The molecule has 0 aromatic rings. The number of ketones is 1. The minimum Gasteiger partial charge on any atom is -0.435 e. The number of hydrogen-bond donors (Lipinski definition) is 0. The molecule has 1 aliphatic rings. The molecule has 0 fully saturated rings. The monoisotopic (exact) mass is 282 g/mol. The number of carbonyl (C=O) groups excluding carboxylic acids is 2. The molecule has 114 valence electrons. The summed E-state index contributed by atoms with van der Waals surface area (Å²) in [5, 5.41) is 0. The predicted octanol–water partition coefficient (Wildman–Crippen LogP) is 3.75. The third-order valence-electron chi connectivity index (χ3n) is 3.85. The number of rotatable bonds is 5. The molecular weight excluding hydrogens is 256 g/mol. The van der Waals surface area contributed by atoms with Crippen molar-refractivity contribution in [1.82, 2.24) is 0 Å². The van der Waals surface area contributed by atoms with E-state index in [1.165, 1.54) is 0 Å². The van der Waals surface area contributed by atoms with Crippen molar-refractivity contribution in [2.45, 2.75) is 53.6 Å². The van der Waals surface area contributed by atoms with Crippen molar-refractivity contribution in [3.05, 3.63) is 12.2 Å². The summed E-state index contributed by atoms with van der Waals surface area (Å²) in [4.78, 5) is 23.7. The lowest BCUT2D eigenvalue weighted by molar-refractivity contribution is -0.130. The summed E-state index contributed by atoms with van der Waals surface area (Å²) in [6.45, 7) is 10.0. The average Bonchev–Trinajstić information content (AvgIpc) is 2.26. The van der Waals surface area contributed by atoms with Crippen molar-refractivity contribution in [1.29, 1.82) is 0 Å². The molecule has 0 aromatic heterocycles. The Morgan fingerprint density at radius 3 is 2.60 bits per heavy atom. The zero-order valence-electron chi connectivity index (χ0n) is 13.1. The van der Waals surface area contributed by atoms with Crippen LogP contribution in [0.15, 0.2) is 12.2 Å². The van der Waals surface area contributed by atoms with Crippen LogP contribution in [-0.2, 0) is 14.3 Å². The maximum atomic E-state index is 12.5. The molecule has 0 amide bonds. The molecule has 0 bridgehead atoms. The van der Waals surface area contributed by atoms with E-state index in [4.69, 9.17) is 9.47 Å². The fourth-order valence-electron chi connectivity index (χ4n) is 3.03. The molecule has 0 saturated carbocycles. The summed E-state index contributed by atoms with van der Waals surface area (Å²) in [5.74, 6) is 0.352. The predicted molar refractivity (Wildman–Crippen MR) is 77.4 cm³/mol. The number of ether oxygens (including phenoxy) is 2. The molecule has 0 saturated heterocycles. The number of hydrogen-bond acceptors (Lipinski definition) is 4. The van der Waals surface area contributed by atoms with Gasteiger partial charge in [-0.3, -0.25) is 4.79 Å². The zero-order chi connectivity index (χ0) is 15.3. The van der Waals surface area contributed by atoms with Gasteiger partial charge in [-0.2, -0.15) is 0 Å². The van der Waals surface area contributed by atoms with E-state index in [0.29, 0.717) is 0 Å². The van der Waals surface area contributed by atoms with Crippen molar-refractivity contribution < 1.29 is 19.1 Å². The first-order valence-electron chi connectivity index (χ1n) is 7.30. The maximum absolute atomic E-state index is 12.5. The summed E-state index contributed by atoms with van der Waals surface area (Å²) in [6, 6.07) is 0. The van der Waals surface area contributed by atoms with Gasteiger partial charge in [-0.25, -0.2) is 4.79 Å². The average molecular weight is 282 g/mol. The fraction of sp³-hybridized carbons (Fsp3) is 0.750. The zero-order valence-corrected chi connectivity index (χ0v) is 13.1. The van der Waals surface area contributed by atoms with Crippen molar-refractivity contribution in [2.24, 2.45) is 17.3 Å². The second-order valence-corrected chi connectivity index (χ2v) is 6.24. The van der Waals surface area contributed by atoms with Gasteiger partial charge in [0.1, 0.15) is 11.9 Å². The largest absolute Gasteiger partial charge is 0.508 e. The molecule has 20 heavy (non-hydrogen) atoms. The van der Waals surface area contributed by atoms with Crippen molar-refractivity contribution in [2.75, 3.05) is 6.61 Å². The van der Waals surface area contributed by atoms with Crippen LogP contribution >= 0.6 is 0 Å². The second-order valence-electron chi connectivity index (χ2n) is 6.24. The summed E-state index contributed by atoms with van der Waals surface area (Å²) in [6.07, 6.45) is 4.24. The van der Waals surface area contributed by atoms with Gasteiger partial charge < -0.3 is 9.47 Å². The first-order valence-corrected chi connectivity index (χ1v) is 7.30. The van der Waals surface area contributed by atoms with E-state index in [2.05, 4.69) is 32.9 Å². The molecule has 1 rings (SSSR count). The van der Waals surface area contributed by atoms with Gasteiger partial charge in [0.25, 0.3) is 0 Å². The molecular formula is C16H26O4. The highest BCUT2D eigenvalue weighted by Crippen LogP contribution is 2.41. The Morgan fingerprint density at radius 2 is 2.05 bits per heavy atom. The topological polar surface area (TPSA) is 52.6 Å². The Bertz CT molecular complexity index is 384. The van der Waals surface area contributed by atoms with Crippen LogP contribution in [-0.4, -0.2) is 24.6 Å². The molecule has 0 aromatic carbocycles. The molecule has 0 N–H and O–H groups in total. The molecule has 0 radical (unpaired) electrons. The van der Waals surface area contributed by atoms with Gasteiger partial charge >= 0.3 is 6.16 Å². The van der Waals surface area contributed by atoms with Crippen molar-refractivity contribution in [3.63, 3.8) is 0 Å². The molecule has 4 heteroatoms. The third-order valence-corrected chi connectivity index (χ3v) is 3.85. The molecule has 1 unspecified atom stereocenters. The third kappa shape index (κ3) is 4.36. The van der Waals surface area contributed by atoms with Gasteiger partial charge in [-0.05, 0) is 31.6 Å². The van der Waals surface area contributed by atoms with E-state index in [1.807, 2.05) is 0 Å². The molecule has 4 nitrogen and oxygen atoms in total. The van der Waals surface area contributed by atoms with E-state index in [1.54, 1.807) is 13.8 Å². The highest BCUT2D eigenvalue weighted by Gasteiger charge is 2.39. The van der Waals surface area contributed by atoms with Crippen LogP contribution in [0, 0.1) is 17.3 Å². The van der Waals surface area contributed by atoms with Gasteiger partial charge in [0.2, 0.25) is 0 Å². The lowest BCUT2D eigenvalue weighted by Gasteiger charge is -2.39. The van der Waals surface area contributed by atoms with Crippen LogP contribution in [0.1, 0.15) is 47.5 Å². The Morgan fingerprint density at radius 1 is 1.40 bits per heavy atom. The minimum atomic E-state index is -0.705. The summed E-state index contributed by atoms with van der Waals surface area (Å²) >= 11 is 0. The highest BCUT2D eigenvalue weighted by atomic mass is 16.7. The Balaban J connectivity index is 2.61. The SMILES string of the molecule is CCOC(=O)OC(C)CC(=O)[C@H]1[C@H](C)C=CCC1(C)C. The molecule has 0 spiro atoms. The van der Waals surface area contributed by atoms with Crippen LogP contribution in [0.3, 0.4) is 0 Å². The van der Waals surface area contributed by atoms with Gasteiger partial charge in [-0.15, -0.1) is 0 Å². The highest BCUT2D eigenvalue weighted by molar-refractivity contribution is 5.83.